The summed E-state index contributed by atoms with van der Waals surface area (Å²) in [5.74, 6) is 0.939. The maximum Gasteiger partial charge on any atom is 0.131 e. The minimum absolute atomic E-state index is 0.233. The first kappa shape index (κ1) is 22.0. The van der Waals surface area contributed by atoms with Gasteiger partial charge in [0.25, 0.3) is 0 Å². The largest absolute Gasteiger partial charge is 0.383 e. The zero-order valence-corrected chi connectivity index (χ0v) is 20.6. The first-order chi connectivity index (χ1) is 16.5. The highest BCUT2D eigenvalue weighted by Gasteiger charge is 2.31. The fourth-order valence-corrected chi connectivity index (χ4v) is 4.76. The molecule has 4 N–H and O–H groups in total. The molecule has 6 nitrogen and oxygen atoms in total. The van der Waals surface area contributed by atoms with E-state index in [1.807, 2.05) is 86.6 Å². The van der Waals surface area contributed by atoms with Crippen LogP contribution in [0, 0.1) is 13.8 Å². The van der Waals surface area contributed by atoms with Crippen LogP contribution in [0.4, 0.5) is 11.6 Å². The normalized spacial score (nSPS) is 11.3. The molecule has 0 aliphatic carbocycles. The predicted molar refractivity (Wildman–Crippen MR) is 141 cm³/mol. The highest BCUT2D eigenvalue weighted by molar-refractivity contribution is 9.10. The molecule has 0 spiro atoms. The van der Waals surface area contributed by atoms with Crippen LogP contribution < -0.4 is 11.5 Å². The molecule has 34 heavy (non-hydrogen) atoms. The lowest BCUT2D eigenvalue weighted by Gasteiger charge is -2.20. The Morgan fingerprint density at radius 2 is 1.06 bits per heavy atom. The maximum absolute atomic E-state index is 6.78. The number of aromatic nitrogens is 4. The van der Waals surface area contributed by atoms with Gasteiger partial charge in [-0.3, -0.25) is 0 Å². The smallest absolute Gasteiger partial charge is 0.131 e. The monoisotopic (exact) mass is 512 g/mol. The number of rotatable bonds is 5. The Morgan fingerprint density at radius 1 is 0.647 bits per heavy atom. The molecule has 0 fully saturated rings. The molecule has 0 bridgehead atoms. The van der Waals surface area contributed by atoms with Gasteiger partial charge in [0.05, 0.1) is 22.8 Å². The summed E-state index contributed by atoms with van der Waals surface area (Å²) in [4.78, 5) is 0. The Morgan fingerprint density at radius 3 is 1.47 bits per heavy atom. The number of aryl methyl sites for hydroxylation is 2. The fourth-order valence-electron chi connectivity index (χ4n) is 4.49. The van der Waals surface area contributed by atoms with E-state index in [1.165, 1.54) is 0 Å². The summed E-state index contributed by atoms with van der Waals surface area (Å²) in [6.07, 6.45) is 0. The second-order valence-electron chi connectivity index (χ2n) is 8.25. The van der Waals surface area contributed by atoms with Crippen molar-refractivity contribution >= 4 is 27.6 Å². The quantitative estimate of drug-likeness (QED) is 0.312. The van der Waals surface area contributed by atoms with E-state index in [4.69, 9.17) is 21.7 Å². The van der Waals surface area contributed by atoms with Crippen molar-refractivity contribution in [1.29, 1.82) is 0 Å². The van der Waals surface area contributed by atoms with E-state index >= 15 is 0 Å². The van der Waals surface area contributed by atoms with Crippen molar-refractivity contribution in [3.63, 3.8) is 0 Å². The van der Waals surface area contributed by atoms with Crippen LogP contribution in [0.5, 0.6) is 0 Å². The van der Waals surface area contributed by atoms with Crippen LogP contribution in [-0.4, -0.2) is 19.6 Å². The molecule has 0 saturated carbocycles. The van der Waals surface area contributed by atoms with Crippen molar-refractivity contribution in [1.82, 2.24) is 19.6 Å². The number of hydrogen-bond acceptors (Lipinski definition) is 4. The van der Waals surface area contributed by atoms with Crippen molar-refractivity contribution in [2.45, 2.75) is 19.8 Å². The summed E-state index contributed by atoms with van der Waals surface area (Å²) in [5, 5.41) is 9.62. The van der Waals surface area contributed by atoms with Gasteiger partial charge in [-0.15, -0.1) is 0 Å². The third-order valence-electron chi connectivity index (χ3n) is 6.07. The van der Waals surface area contributed by atoms with Crippen LogP contribution in [0.3, 0.4) is 0 Å². The zero-order chi connectivity index (χ0) is 23.8. The molecule has 0 aliphatic rings. The topological polar surface area (TPSA) is 87.7 Å². The van der Waals surface area contributed by atoms with Crippen LogP contribution in [0.2, 0.25) is 0 Å². The van der Waals surface area contributed by atoms with Gasteiger partial charge in [-0.05, 0) is 55.8 Å². The molecule has 0 aliphatic heterocycles. The molecule has 7 heteroatoms. The van der Waals surface area contributed by atoms with Crippen molar-refractivity contribution in [2.24, 2.45) is 0 Å². The van der Waals surface area contributed by atoms with Crippen LogP contribution in [0.1, 0.15) is 34.0 Å². The first-order valence-electron chi connectivity index (χ1n) is 11.0. The van der Waals surface area contributed by atoms with Crippen molar-refractivity contribution in [3.8, 4) is 11.4 Å². The van der Waals surface area contributed by atoms with E-state index in [2.05, 4.69) is 28.1 Å². The fraction of sp³-hybridized carbons (Fsp3) is 0.111. The summed E-state index contributed by atoms with van der Waals surface area (Å²) in [5.41, 5.74) is 20.0. The highest BCUT2D eigenvalue weighted by atomic mass is 79.9. The van der Waals surface area contributed by atoms with Gasteiger partial charge >= 0.3 is 0 Å². The van der Waals surface area contributed by atoms with Crippen molar-refractivity contribution in [2.75, 3.05) is 11.5 Å². The first-order valence-corrected chi connectivity index (χ1v) is 11.8. The standard InChI is InChI=1S/C27H25BrN6/c1-17-23(26(29)33(31-17)21-9-5-3-6-10-21)25(19-13-15-20(28)16-14-19)24-18(2)32-34(27(24)30)22-11-7-4-8-12-22/h3-16,25H,29-30H2,1-2H3. The summed E-state index contributed by atoms with van der Waals surface area (Å²) in [6, 6.07) is 28.1. The molecule has 5 aromatic rings. The summed E-state index contributed by atoms with van der Waals surface area (Å²) in [7, 11) is 0. The van der Waals surface area contributed by atoms with Gasteiger partial charge in [-0.1, -0.05) is 64.5 Å². The van der Waals surface area contributed by atoms with Crippen molar-refractivity contribution < 1.29 is 0 Å². The number of benzene rings is 3. The van der Waals surface area contributed by atoms with Gasteiger partial charge in [-0.25, -0.2) is 9.36 Å². The lowest BCUT2D eigenvalue weighted by molar-refractivity contribution is 0.871. The Kier molecular flexibility index (Phi) is 5.71. The Balaban J connectivity index is 1.75. The maximum atomic E-state index is 6.78. The van der Waals surface area contributed by atoms with Gasteiger partial charge in [-0.2, -0.15) is 10.2 Å². The minimum atomic E-state index is -0.233. The SMILES string of the molecule is Cc1nn(-c2ccccc2)c(N)c1C(c1ccc(Br)cc1)c1c(C)nn(-c2ccccc2)c1N. The number of hydrogen-bond donors (Lipinski definition) is 2. The average Bonchev–Trinajstić information content (AvgIpc) is 3.32. The number of nitrogen functional groups attached to an aromatic ring is 2. The molecule has 2 aromatic heterocycles. The summed E-state index contributed by atoms with van der Waals surface area (Å²) >= 11 is 3.55. The van der Waals surface area contributed by atoms with E-state index in [1.54, 1.807) is 9.36 Å². The molecule has 2 heterocycles. The third kappa shape index (κ3) is 3.78. The lowest BCUT2D eigenvalue weighted by Crippen LogP contribution is -2.11. The molecule has 0 radical (unpaired) electrons. The third-order valence-corrected chi connectivity index (χ3v) is 6.60. The van der Waals surface area contributed by atoms with E-state index in [0.717, 1.165) is 43.9 Å². The summed E-state index contributed by atoms with van der Waals surface area (Å²) < 4.78 is 4.59. The van der Waals surface area contributed by atoms with Gasteiger partial charge in [0.2, 0.25) is 0 Å². The molecule has 0 amide bonds. The number of anilines is 2. The molecule has 3 aromatic carbocycles. The second kappa shape index (κ2) is 8.83. The van der Waals surface area contributed by atoms with Crippen LogP contribution in [0.25, 0.3) is 11.4 Å². The molecular weight excluding hydrogens is 488 g/mol. The zero-order valence-electron chi connectivity index (χ0n) is 19.0. The second-order valence-corrected chi connectivity index (χ2v) is 9.16. The van der Waals surface area contributed by atoms with Crippen LogP contribution in [0.15, 0.2) is 89.4 Å². The van der Waals surface area contributed by atoms with Gasteiger partial charge in [0.1, 0.15) is 11.6 Å². The van der Waals surface area contributed by atoms with Gasteiger partial charge in [0.15, 0.2) is 0 Å². The lowest BCUT2D eigenvalue weighted by atomic mass is 9.84. The predicted octanol–water partition coefficient (Wildman–Crippen LogP) is 5.78. The number of nitrogens with zero attached hydrogens (tertiary/aromatic N) is 4. The molecule has 170 valence electrons. The van der Waals surface area contributed by atoms with E-state index < -0.39 is 0 Å². The van der Waals surface area contributed by atoms with E-state index in [9.17, 15) is 0 Å². The van der Waals surface area contributed by atoms with Crippen LogP contribution >= 0.6 is 15.9 Å². The van der Waals surface area contributed by atoms with E-state index in [0.29, 0.717) is 11.6 Å². The van der Waals surface area contributed by atoms with Crippen LogP contribution in [-0.2, 0) is 0 Å². The number of para-hydroxylation sites is 2. The summed E-state index contributed by atoms with van der Waals surface area (Å²) in [6.45, 7) is 3.98. The highest BCUT2D eigenvalue weighted by Crippen LogP contribution is 2.42. The van der Waals surface area contributed by atoms with Gasteiger partial charge < -0.3 is 11.5 Å². The molecule has 5 rings (SSSR count). The molecule has 0 saturated heterocycles. The molecule has 0 atom stereocenters. The van der Waals surface area contributed by atoms with Crippen molar-refractivity contribution in [3.05, 3.63) is 117 Å². The number of halogens is 1. The average molecular weight is 513 g/mol. The van der Waals surface area contributed by atoms with E-state index in [-0.39, 0.29) is 5.92 Å². The minimum Gasteiger partial charge on any atom is -0.383 e. The molecule has 0 unspecified atom stereocenters. The Bertz CT molecular complexity index is 1350. The molecular formula is C27H25BrN6. The van der Waals surface area contributed by atoms with Gasteiger partial charge in [0, 0.05) is 21.5 Å². The Labute approximate surface area is 207 Å². The Hall–Kier alpha value is -3.84. The number of nitrogens with two attached hydrogens (primary N) is 2.